The standard InChI is InChI=1S/C20H22N2O5S2/c23-20-9-6-16-14-17(7-8-18(16)21-20)29(26,27)22-11-10-19(28(24,25)13-12-22)15-4-2-1-3-5-15/h1-5,7-8,14,19H,6,9-13H2,(H,21,23)/t19-/m1/s1. The number of benzene rings is 2. The minimum Gasteiger partial charge on any atom is -0.326 e. The van der Waals surface area contributed by atoms with Gasteiger partial charge in [0.2, 0.25) is 15.9 Å². The number of hydrogen-bond acceptors (Lipinski definition) is 5. The molecule has 29 heavy (non-hydrogen) atoms. The van der Waals surface area contributed by atoms with Crippen LogP contribution in [0.1, 0.15) is 29.2 Å². The Kier molecular flexibility index (Phi) is 5.22. The summed E-state index contributed by atoms with van der Waals surface area (Å²) in [6, 6.07) is 13.6. The van der Waals surface area contributed by atoms with Crippen molar-refractivity contribution >= 4 is 31.5 Å². The van der Waals surface area contributed by atoms with Crippen LogP contribution < -0.4 is 5.32 Å². The normalized spacial score (nSPS) is 22.3. The summed E-state index contributed by atoms with van der Waals surface area (Å²) in [4.78, 5) is 11.6. The van der Waals surface area contributed by atoms with Crippen LogP contribution in [0.5, 0.6) is 0 Å². The van der Waals surface area contributed by atoms with Crippen molar-refractivity contribution in [3.05, 3.63) is 59.7 Å². The lowest BCUT2D eigenvalue weighted by molar-refractivity contribution is -0.116. The third-order valence-electron chi connectivity index (χ3n) is 5.48. The van der Waals surface area contributed by atoms with Crippen molar-refractivity contribution in [3.63, 3.8) is 0 Å². The Balaban J connectivity index is 1.61. The Labute approximate surface area is 170 Å². The first kappa shape index (κ1) is 20.1. The molecule has 9 heteroatoms. The van der Waals surface area contributed by atoms with Crippen LogP contribution >= 0.6 is 0 Å². The number of sulfonamides is 1. The largest absolute Gasteiger partial charge is 0.326 e. The van der Waals surface area contributed by atoms with Crippen LogP contribution in [0, 0.1) is 0 Å². The molecule has 1 fully saturated rings. The number of rotatable bonds is 3. The van der Waals surface area contributed by atoms with E-state index in [1.807, 2.05) is 6.07 Å². The first-order valence-corrected chi connectivity index (χ1v) is 12.6. The van der Waals surface area contributed by atoms with Gasteiger partial charge in [-0.25, -0.2) is 16.8 Å². The number of fused-ring (bicyclic) bond motifs is 1. The zero-order valence-electron chi connectivity index (χ0n) is 15.7. The summed E-state index contributed by atoms with van der Waals surface area (Å²) in [5.41, 5.74) is 2.09. The minimum atomic E-state index is -3.83. The Morgan fingerprint density at radius 1 is 1.00 bits per heavy atom. The van der Waals surface area contributed by atoms with Gasteiger partial charge in [-0.1, -0.05) is 30.3 Å². The smallest absolute Gasteiger partial charge is 0.243 e. The second-order valence-corrected chi connectivity index (χ2v) is 11.6. The van der Waals surface area contributed by atoms with Crippen molar-refractivity contribution in [1.82, 2.24) is 4.31 Å². The van der Waals surface area contributed by atoms with E-state index in [0.717, 1.165) is 5.56 Å². The van der Waals surface area contributed by atoms with Crippen LogP contribution in [0.3, 0.4) is 0 Å². The maximum absolute atomic E-state index is 13.2. The molecule has 1 atom stereocenters. The zero-order chi connectivity index (χ0) is 20.6. The summed E-state index contributed by atoms with van der Waals surface area (Å²) < 4.78 is 53.2. The summed E-state index contributed by atoms with van der Waals surface area (Å²) in [6.07, 6.45) is 1.01. The van der Waals surface area contributed by atoms with E-state index < -0.39 is 25.1 Å². The van der Waals surface area contributed by atoms with Gasteiger partial charge in [-0.05, 0) is 42.2 Å². The molecule has 4 rings (SSSR count). The molecule has 2 aromatic rings. The second-order valence-electron chi connectivity index (χ2n) is 7.33. The Morgan fingerprint density at radius 2 is 1.76 bits per heavy atom. The van der Waals surface area contributed by atoms with Crippen LogP contribution in [0.25, 0.3) is 0 Å². The van der Waals surface area contributed by atoms with Gasteiger partial charge in [0.05, 0.1) is 15.9 Å². The molecule has 0 aliphatic carbocycles. The monoisotopic (exact) mass is 434 g/mol. The van der Waals surface area contributed by atoms with Crippen LogP contribution in [0.15, 0.2) is 53.4 Å². The highest BCUT2D eigenvalue weighted by Crippen LogP contribution is 2.32. The summed E-state index contributed by atoms with van der Waals surface area (Å²) in [6.45, 7) is 0.0662. The molecule has 0 unspecified atom stereocenters. The maximum atomic E-state index is 13.2. The number of carbonyl (C=O) groups excluding carboxylic acids is 1. The highest BCUT2D eigenvalue weighted by Gasteiger charge is 2.35. The van der Waals surface area contributed by atoms with Gasteiger partial charge in [0.1, 0.15) is 0 Å². The van der Waals surface area contributed by atoms with Crippen molar-refractivity contribution in [2.75, 3.05) is 24.2 Å². The highest BCUT2D eigenvalue weighted by molar-refractivity contribution is 7.92. The van der Waals surface area contributed by atoms with Crippen LogP contribution in [-0.4, -0.2) is 45.9 Å². The Bertz CT molecular complexity index is 1140. The van der Waals surface area contributed by atoms with Crippen molar-refractivity contribution in [2.24, 2.45) is 0 Å². The third kappa shape index (κ3) is 3.94. The van der Waals surface area contributed by atoms with E-state index in [1.165, 1.54) is 10.4 Å². The summed E-state index contributed by atoms with van der Waals surface area (Å²) in [7, 11) is -7.29. The van der Waals surface area contributed by atoms with E-state index in [9.17, 15) is 21.6 Å². The van der Waals surface area contributed by atoms with Crippen LogP contribution in [-0.2, 0) is 31.1 Å². The number of carbonyl (C=O) groups is 1. The molecular formula is C20H22N2O5S2. The molecule has 0 saturated carbocycles. The number of anilines is 1. The molecule has 1 amide bonds. The molecule has 1 saturated heterocycles. The number of hydrogen-bond donors (Lipinski definition) is 1. The molecule has 2 aliphatic heterocycles. The van der Waals surface area contributed by atoms with Crippen molar-refractivity contribution < 1.29 is 21.6 Å². The summed E-state index contributed by atoms with van der Waals surface area (Å²) in [5, 5.41) is 2.03. The topological polar surface area (TPSA) is 101 Å². The minimum absolute atomic E-state index is 0.0676. The lowest BCUT2D eigenvalue weighted by Crippen LogP contribution is -2.33. The van der Waals surface area contributed by atoms with Crippen LogP contribution in [0.4, 0.5) is 5.69 Å². The van der Waals surface area contributed by atoms with E-state index in [0.29, 0.717) is 24.1 Å². The van der Waals surface area contributed by atoms with Gasteiger partial charge in [0.15, 0.2) is 9.84 Å². The zero-order valence-corrected chi connectivity index (χ0v) is 17.4. The number of aryl methyl sites for hydroxylation is 1. The quantitative estimate of drug-likeness (QED) is 0.798. The number of nitrogens with zero attached hydrogens (tertiary/aromatic N) is 1. The van der Waals surface area contributed by atoms with Gasteiger partial charge in [-0.3, -0.25) is 4.79 Å². The molecule has 2 heterocycles. The molecule has 0 aromatic heterocycles. The molecule has 1 N–H and O–H groups in total. The van der Waals surface area contributed by atoms with E-state index in [1.54, 1.807) is 36.4 Å². The number of amides is 1. The van der Waals surface area contributed by atoms with Gasteiger partial charge >= 0.3 is 0 Å². The Morgan fingerprint density at radius 3 is 2.52 bits per heavy atom. The molecule has 2 aliphatic rings. The van der Waals surface area contributed by atoms with E-state index in [4.69, 9.17) is 0 Å². The second kappa shape index (κ2) is 7.55. The third-order valence-corrected chi connectivity index (χ3v) is 9.50. The molecule has 0 bridgehead atoms. The van der Waals surface area contributed by atoms with E-state index >= 15 is 0 Å². The average molecular weight is 435 g/mol. The molecular weight excluding hydrogens is 412 g/mol. The highest BCUT2D eigenvalue weighted by atomic mass is 32.2. The van der Waals surface area contributed by atoms with Crippen molar-refractivity contribution in [2.45, 2.75) is 29.4 Å². The van der Waals surface area contributed by atoms with Crippen molar-refractivity contribution in [3.8, 4) is 0 Å². The first-order chi connectivity index (χ1) is 13.8. The van der Waals surface area contributed by atoms with E-state index in [2.05, 4.69) is 5.32 Å². The SMILES string of the molecule is O=C1CCc2cc(S(=O)(=O)N3CC[C@H](c4ccccc4)S(=O)(=O)CC3)ccc2N1. The number of sulfone groups is 1. The fraction of sp³-hybridized carbons (Fsp3) is 0.350. The molecule has 7 nitrogen and oxygen atoms in total. The van der Waals surface area contributed by atoms with E-state index in [-0.39, 0.29) is 36.1 Å². The lowest BCUT2D eigenvalue weighted by atomic mass is 10.0. The summed E-state index contributed by atoms with van der Waals surface area (Å²) >= 11 is 0. The van der Waals surface area contributed by atoms with Gasteiger partial charge in [-0.15, -0.1) is 0 Å². The first-order valence-electron chi connectivity index (χ1n) is 9.47. The van der Waals surface area contributed by atoms with Gasteiger partial charge in [0, 0.05) is 25.2 Å². The predicted molar refractivity (Wildman–Crippen MR) is 110 cm³/mol. The molecule has 0 radical (unpaired) electrons. The van der Waals surface area contributed by atoms with Gasteiger partial charge in [0.25, 0.3) is 0 Å². The maximum Gasteiger partial charge on any atom is 0.243 e. The summed E-state index contributed by atoms with van der Waals surface area (Å²) in [5.74, 6) is -0.301. The number of nitrogens with one attached hydrogen (secondary N) is 1. The van der Waals surface area contributed by atoms with Crippen LogP contribution in [0.2, 0.25) is 0 Å². The van der Waals surface area contributed by atoms with Gasteiger partial charge in [-0.2, -0.15) is 4.31 Å². The Hall–Kier alpha value is -2.23. The lowest BCUT2D eigenvalue weighted by Gasteiger charge is -2.22. The van der Waals surface area contributed by atoms with Gasteiger partial charge < -0.3 is 5.32 Å². The fourth-order valence-electron chi connectivity index (χ4n) is 3.88. The fourth-order valence-corrected chi connectivity index (χ4v) is 7.29. The molecule has 154 valence electrons. The molecule has 2 aromatic carbocycles. The molecule has 0 spiro atoms. The predicted octanol–water partition coefficient (Wildman–Crippen LogP) is 2.12. The average Bonchev–Trinajstić information content (AvgIpc) is 2.86. The van der Waals surface area contributed by atoms with Crippen molar-refractivity contribution in [1.29, 1.82) is 0 Å².